The van der Waals surface area contributed by atoms with Gasteiger partial charge in [0.1, 0.15) is 5.75 Å². The van der Waals surface area contributed by atoms with Crippen molar-refractivity contribution in [1.29, 1.82) is 0 Å². The molecule has 2 aromatic rings. The van der Waals surface area contributed by atoms with Crippen LogP contribution in [0.1, 0.15) is 18.9 Å². The van der Waals surface area contributed by atoms with Gasteiger partial charge in [-0.15, -0.1) is 0 Å². The third-order valence-electron chi connectivity index (χ3n) is 3.63. The normalized spacial score (nSPS) is 11.1. The predicted molar refractivity (Wildman–Crippen MR) is 108 cm³/mol. The maximum atomic E-state index is 5.74. The molecule has 27 heavy (non-hydrogen) atoms. The number of nitrogens with one attached hydrogen (secondary N) is 2. The Morgan fingerprint density at radius 3 is 2.81 bits per heavy atom. The summed E-state index contributed by atoms with van der Waals surface area (Å²) in [6, 6.07) is 11.6. The van der Waals surface area contributed by atoms with E-state index in [9.17, 15) is 0 Å². The highest BCUT2D eigenvalue weighted by Crippen LogP contribution is 2.17. The van der Waals surface area contributed by atoms with Gasteiger partial charge in [-0.25, -0.2) is 9.98 Å². The summed E-state index contributed by atoms with van der Waals surface area (Å²) in [7, 11) is 3.29. The zero-order chi connectivity index (χ0) is 19.3. The summed E-state index contributed by atoms with van der Waals surface area (Å²) < 4.78 is 15.9. The molecule has 0 bridgehead atoms. The van der Waals surface area contributed by atoms with Gasteiger partial charge in [-0.2, -0.15) is 0 Å². The maximum absolute atomic E-state index is 5.74. The molecule has 7 nitrogen and oxygen atoms in total. The number of methoxy groups -OCH3 is 2. The van der Waals surface area contributed by atoms with E-state index in [0.29, 0.717) is 31.6 Å². The second-order valence-electron chi connectivity index (χ2n) is 5.75. The largest absolute Gasteiger partial charge is 0.493 e. The third-order valence-corrected chi connectivity index (χ3v) is 3.63. The molecule has 2 rings (SSSR count). The minimum atomic E-state index is 0.515. The zero-order valence-electron chi connectivity index (χ0n) is 16.2. The molecule has 1 aromatic carbocycles. The lowest BCUT2D eigenvalue weighted by molar-refractivity contribution is 0.172. The summed E-state index contributed by atoms with van der Waals surface area (Å²) >= 11 is 0. The Kier molecular flexibility index (Phi) is 8.92. The van der Waals surface area contributed by atoms with Crippen molar-refractivity contribution in [2.45, 2.75) is 19.9 Å². The van der Waals surface area contributed by atoms with Crippen LogP contribution in [-0.2, 0) is 11.3 Å². The first kappa shape index (κ1) is 20.5. The number of hydrogen-bond acceptors (Lipinski definition) is 5. The zero-order valence-corrected chi connectivity index (χ0v) is 16.2. The number of aromatic nitrogens is 1. The monoisotopic (exact) mass is 372 g/mol. The molecular formula is C20H28N4O3. The summed E-state index contributed by atoms with van der Waals surface area (Å²) in [5, 5.41) is 6.55. The van der Waals surface area contributed by atoms with Crippen molar-refractivity contribution in [2.24, 2.45) is 4.99 Å². The molecule has 0 saturated carbocycles. The molecule has 0 aliphatic rings. The van der Waals surface area contributed by atoms with Crippen LogP contribution in [-0.4, -0.2) is 44.9 Å². The highest BCUT2D eigenvalue weighted by molar-refractivity contribution is 5.93. The van der Waals surface area contributed by atoms with E-state index in [-0.39, 0.29) is 0 Å². The summed E-state index contributed by atoms with van der Waals surface area (Å²) in [4.78, 5) is 8.74. The molecular weight excluding hydrogens is 344 g/mol. The SMILES string of the molecule is CCNC(=NCc1ccnc(OC)c1)Nc1cccc(OCCCOC)c1. The Hall–Kier alpha value is -2.80. The first-order valence-electron chi connectivity index (χ1n) is 9.01. The highest BCUT2D eigenvalue weighted by atomic mass is 16.5. The molecule has 1 heterocycles. The Balaban J connectivity index is 1.99. The molecule has 1 aromatic heterocycles. The lowest BCUT2D eigenvalue weighted by Crippen LogP contribution is -2.30. The van der Waals surface area contributed by atoms with Crippen LogP contribution in [0.5, 0.6) is 11.6 Å². The fourth-order valence-electron chi connectivity index (χ4n) is 2.33. The minimum absolute atomic E-state index is 0.515. The van der Waals surface area contributed by atoms with Gasteiger partial charge in [-0.05, 0) is 30.7 Å². The Bertz CT molecular complexity index is 722. The molecule has 146 valence electrons. The van der Waals surface area contributed by atoms with Crippen LogP contribution in [0.25, 0.3) is 0 Å². The third kappa shape index (κ3) is 7.53. The first-order chi connectivity index (χ1) is 13.2. The van der Waals surface area contributed by atoms with E-state index < -0.39 is 0 Å². The second-order valence-corrected chi connectivity index (χ2v) is 5.75. The quantitative estimate of drug-likeness (QED) is 0.379. The molecule has 0 fully saturated rings. The molecule has 0 aliphatic carbocycles. The van der Waals surface area contributed by atoms with Gasteiger partial charge in [0.2, 0.25) is 5.88 Å². The van der Waals surface area contributed by atoms with Crippen LogP contribution in [0.3, 0.4) is 0 Å². The number of anilines is 1. The Morgan fingerprint density at radius 2 is 2.04 bits per heavy atom. The van der Waals surface area contributed by atoms with Crippen molar-refractivity contribution in [3.63, 3.8) is 0 Å². The first-order valence-corrected chi connectivity index (χ1v) is 9.01. The van der Waals surface area contributed by atoms with Crippen molar-refractivity contribution >= 4 is 11.6 Å². The molecule has 0 radical (unpaired) electrons. The second kappa shape index (κ2) is 11.7. The van der Waals surface area contributed by atoms with Crippen molar-refractivity contribution in [2.75, 3.05) is 39.3 Å². The number of benzene rings is 1. The van der Waals surface area contributed by atoms with Crippen molar-refractivity contribution in [1.82, 2.24) is 10.3 Å². The number of rotatable bonds is 10. The van der Waals surface area contributed by atoms with E-state index in [1.165, 1.54) is 0 Å². The van der Waals surface area contributed by atoms with Gasteiger partial charge >= 0.3 is 0 Å². The van der Waals surface area contributed by atoms with Crippen molar-refractivity contribution in [3.05, 3.63) is 48.2 Å². The minimum Gasteiger partial charge on any atom is -0.493 e. The molecule has 0 aliphatic heterocycles. The van der Waals surface area contributed by atoms with Gasteiger partial charge < -0.3 is 24.8 Å². The van der Waals surface area contributed by atoms with Gasteiger partial charge in [0.05, 0.1) is 20.3 Å². The fourth-order valence-corrected chi connectivity index (χ4v) is 2.33. The lowest BCUT2D eigenvalue weighted by atomic mass is 10.3. The van der Waals surface area contributed by atoms with E-state index in [4.69, 9.17) is 14.2 Å². The number of ether oxygens (including phenoxy) is 3. The van der Waals surface area contributed by atoms with Crippen LogP contribution in [0.15, 0.2) is 47.6 Å². The smallest absolute Gasteiger partial charge is 0.213 e. The van der Waals surface area contributed by atoms with Gasteiger partial charge in [0, 0.05) is 50.7 Å². The fraction of sp³-hybridized carbons (Fsp3) is 0.400. The summed E-state index contributed by atoms with van der Waals surface area (Å²) in [5.74, 6) is 2.09. The molecule has 0 amide bonds. The molecule has 2 N–H and O–H groups in total. The number of hydrogen-bond donors (Lipinski definition) is 2. The van der Waals surface area contributed by atoms with Crippen LogP contribution in [0.4, 0.5) is 5.69 Å². The van der Waals surface area contributed by atoms with Crippen LogP contribution in [0, 0.1) is 0 Å². The molecule has 0 spiro atoms. The van der Waals surface area contributed by atoms with Crippen LogP contribution < -0.4 is 20.1 Å². The molecule has 0 atom stereocenters. The Labute approximate surface area is 160 Å². The summed E-state index contributed by atoms with van der Waals surface area (Å²) in [6.45, 7) is 4.62. The van der Waals surface area contributed by atoms with E-state index in [0.717, 1.165) is 30.0 Å². The van der Waals surface area contributed by atoms with E-state index in [1.807, 2.05) is 43.3 Å². The average Bonchev–Trinajstić information content (AvgIpc) is 2.70. The van der Waals surface area contributed by atoms with Crippen molar-refractivity contribution in [3.8, 4) is 11.6 Å². The standard InChI is InChI=1S/C20H28N4O3/c1-4-21-20(23-15-16-9-10-22-19(13-16)26-3)24-17-7-5-8-18(14-17)27-12-6-11-25-2/h5,7-10,13-14H,4,6,11-12,15H2,1-3H3,(H2,21,23,24). The number of aliphatic imine (C=N–C) groups is 1. The maximum Gasteiger partial charge on any atom is 0.213 e. The van der Waals surface area contributed by atoms with Crippen LogP contribution >= 0.6 is 0 Å². The number of nitrogens with zero attached hydrogens (tertiary/aromatic N) is 2. The number of pyridine rings is 1. The molecule has 0 unspecified atom stereocenters. The summed E-state index contributed by atoms with van der Waals surface area (Å²) in [5.41, 5.74) is 1.93. The van der Waals surface area contributed by atoms with Gasteiger partial charge in [0.25, 0.3) is 0 Å². The Morgan fingerprint density at radius 1 is 1.15 bits per heavy atom. The van der Waals surface area contributed by atoms with Crippen LogP contribution in [0.2, 0.25) is 0 Å². The van der Waals surface area contributed by atoms with Gasteiger partial charge in [-0.3, -0.25) is 0 Å². The van der Waals surface area contributed by atoms with Gasteiger partial charge in [-0.1, -0.05) is 6.07 Å². The number of guanidine groups is 1. The predicted octanol–water partition coefficient (Wildman–Crippen LogP) is 3.08. The van der Waals surface area contributed by atoms with E-state index in [2.05, 4.69) is 20.6 Å². The lowest BCUT2D eigenvalue weighted by Gasteiger charge is -2.13. The average molecular weight is 372 g/mol. The van der Waals surface area contributed by atoms with Crippen molar-refractivity contribution < 1.29 is 14.2 Å². The molecule has 7 heteroatoms. The van der Waals surface area contributed by atoms with E-state index >= 15 is 0 Å². The molecule has 0 saturated heterocycles. The topological polar surface area (TPSA) is 77.0 Å². The van der Waals surface area contributed by atoms with E-state index in [1.54, 1.807) is 20.4 Å². The highest BCUT2D eigenvalue weighted by Gasteiger charge is 2.02. The van der Waals surface area contributed by atoms with Gasteiger partial charge in [0.15, 0.2) is 5.96 Å². The summed E-state index contributed by atoms with van der Waals surface area (Å²) in [6.07, 6.45) is 2.57.